The topological polar surface area (TPSA) is 66.5 Å². The van der Waals surface area contributed by atoms with Gasteiger partial charge in [0.1, 0.15) is 11.6 Å². The van der Waals surface area contributed by atoms with E-state index in [4.69, 9.17) is 0 Å². The highest BCUT2D eigenvalue weighted by atomic mass is 19.1. The fourth-order valence-electron chi connectivity index (χ4n) is 4.00. The highest BCUT2D eigenvalue weighted by Crippen LogP contribution is 2.35. The minimum Gasteiger partial charge on any atom is -0.316 e. The van der Waals surface area contributed by atoms with E-state index in [1.807, 2.05) is 0 Å². The molecule has 5 nitrogen and oxygen atoms in total. The van der Waals surface area contributed by atoms with Crippen molar-refractivity contribution in [1.82, 2.24) is 25.9 Å². The number of nitrogens with zero attached hydrogens (tertiary/aromatic N) is 3. The summed E-state index contributed by atoms with van der Waals surface area (Å²) in [5.41, 5.74) is 4.32. The van der Waals surface area contributed by atoms with Crippen LogP contribution in [0.4, 0.5) is 8.78 Å². The maximum absolute atomic E-state index is 13.5. The summed E-state index contributed by atoms with van der Waals surface area (Å²) >= 11 is 0. The molecule has 0 bridgehead atoms. The molecule has 2 heterocycles. The molecule has 1 aliphatic rings. The second kappa shape index (κ2) is 9.05. The van der Waals surface area contributed by atoms with Gasteiger partial charge < -0.3 is 5.32 Å². The number of benzene rings is 2. The highest BCUT2D eigenvalue weighted by molar-refractivity contribution is 5.82. The van der Waals surface area contributed by atoms with Gasteiger partial charge in [-0.1, -0.05) is 35.1 Å². The van der Waals surface area contributed by atoms with Gasteiger partial charge in [-0.25, -0.2) is 8.78 Å². The third-order valence-electron chi connectivity index (χ3n) is 5.38. The molecule has 4 rings (SSSR count). The molecule has 29 heavy (non-hydrogen) atoms. The van der Waals surface area contributed by atoms with Crippen LogP contribution in [0.2, 0.25) is 0 Å². The van der Waals surface area contributed by atoms with Gasteiger partial charge in [0.25, 0.3) is 0 Å². The van der Waals surface area contributed by atoms with Crippen LogP contribution in [0.1, 0.15) is 36.2 Å². The highest BCUT2D eigenvalue weighted by Gasteiger charge is 2.23. The molecular formula is C22H23F2N5. The van der Waals surface area contributed by atoms with Crippen molar-refractivity contribution in [3.05, 3.63) is 82.7 Å². The Morgan fingerprint density at radius 3 is 2.21 bits per heavy atom. The zero-order valence-electron chi connectivity index (χ0n) is 16.0. The van der Waals surface area contributed by atoms with Crippen LogP contribution in [0.25, 0.3) is 5.57 Å². The molecule has 0 saturated carbocycles. The van der Waals surface area contributed by atoms with Crippen LogP contribution < -0.4 is 5.32 Å². The van der Waals surface area contributed by atoms with Crippen molar-refractivity contribution < 1.29 is 8.78 Å². The van der Waals surface area contributed by atoms with Crippen molar-refractivity contribution in [2.24, 2.45) is 5.92 Å². The van der Waals surface area contributed by atoms with Crippen LogP contribution in [-0.2, 0) is 6.42 Å². The molecule has 0 amide bonds. The average Bonchev–Trinajstić information content (AvgIpc) is 3.26. The second-order valence-electron chi connectivity index (χ2n) is 7.29. The predicted molar refractivity (Wildman–Crippen MR) is 107 cm³/mol. The number of hydrogen-bond donors (Lipinski definition) is 2. The number of aromatic amines is 1. The maximum Gasteiger partial charge on any atom is 0.174 e. The summed E-state index contributed by atoms with van der Waals surface area (Å²) in [6.45, 7) is 1.77. The van der Waals surface area contributed by atoms with E-state index >= 15 is 0 Å². The van der Waals surface area contributed by atoms with E-state index in [1.54, 1.807) is 24.3 Å². The number of halogens is 2. The van der Waals surface area contributed by atoms with Gasteiger partial charge in [0.2, 0.25) is 0 Å². The van der Waals surface area contributed by atoms with E-state index in [9.17, 15) is 8.78 Å². The van der Waals surface area contributed by atoms with Gasteiger partial charge in [-0.3, -0.25) is 0 Å². The van der Waals surface area contributed by atoms with E-state index in [2.05, 4.69) is 25.9 Å². The number of H-pyrrole nitrogens is 1. The van der Waals surface area contributed by atoms with Gasteiger partial charge in [-0.05, 0) is 72.7 Å². The number of hydrogen-bond acceptors (Lipinski definition) is 4. The molecule has 7 heteroatoms. The molecule has 0 aliphatic carbocycles. The minimum atomic E-state index is -0.265. The quantitative estimate of drug-likeness (QED) is 0.664. The smallest absolute Gasteiger partial charge is 0.174 e. The first-order valence-corrected chi connectivity index (χ1v) is 9.88. The Bertz CT molecular complexity index is 902. The summed E-state index contributed by atoms with van der Waals surface area (Å²) < 4.78 is 27.1. The molecule has 0 radical (unpaired) electrons. The third kappa shape index (κ3) is 4.74. The largest absolute Gasteiger partial charge is 0.316 e. The Kier molecular flexibility index (Phi) is 6.05. The number of nitrogens with one attached hydrogen (secondary N) is 2. The van der Waals surface area contributed by atoms with Gasteiger partial charge in [-0.2, -0.15) is 5.21 Å². The number of piperidine rings is 1. The van der Waals surface area contributed by atoms with Crippen molar-refractivity contribution in [3.63, 3.8) is 0 Å². The van der Waals surface area contributed by atoms with Crippen molar-refractivity contribution >= 4 is 5.57 Å². The van der Waals surface area contributed by atoms with Crippen LogP contribution in [-0.4, -0.2) is 33.7 Å². The van der Waals surface area contributed by atoms with E-state index in [0.717, 1.165) is 61.3 Å². The number of tetrazole rings is 1. The average molecular weight is 395 g/mol. The lowest BCUT2D eigenvalue weighted by Crippen LogP contribution is -2.32. The van der Waals surface area contributed by atoms with Gasteiger partial charge in [-0.15, -0.1) is 10.2 Å². The van der Waals surface area contributed by atoms with Crippen LogP contribution in [0.5, 0.6) is 0 Å². The standard InChI is InChI=1S/C22H23F2N5/c23-18-8-4-15(5-9-18)22(16-6-10-19(24)11-7-16)20-12-13-25-14-17(20)2-1-3-21-26-28-29-27-21/h4-11,17,25H,1-3,12-14H2,(H,26,27,28,29). The van der Waals surface area contributed by atoms with E-state index in [-0.39, 0.29) is 11.6 Å². The Hall–Kier alpha value is -2.93. The number of aromatic nitrogens is 4. The van der Waals surface area contributed by atoms with Crippen molar-refractivity contribution in [2.45, 2.75) is 25.7 Å². The minimum absolute atomic E-state index is 0.265. The van der Waals surface area contributed by atoms with Crippen LogP contribution in [0, 0.1) is 17.6 Å². The van der Waals surface area contributed by atoms with Gasteiger partial charge >= 0.3 is 0 Å². The summed E-state index contributed by atoms with van der Waals surface area (Å²) in [5, 5.41) is 17.6. The van der Waals surface area contributed by atoms with Crippen molar-refractivity contribution in [3.8, 4) is 0 Å². The Morgan fingerprint density at radius 2 is 1.62 bits per heavy atom. The summed E-state index contributed by atoms with van der Waals surface area (Å²) in [6.07, 6.45) is 3.58. The molecule has 0 spiro atoms. The molecule has 1 saturated heterocycles. The lowest BCUT2D eigenvalue weighted by atomic mass is 9.81. The number of rotatable bonds is 6. The summed E-state index contributed by atoms with van der Waals surface area (Å²) in [5.74, 6) is 0.524. The first kappa shape index (κ1) is 19.4. The lowest BCUT2D eigenvalue weighted by Gasteiger charge is -2.30. The van der Waals surface area contributed by atoms with E-state index in [0.29, 0.717) is 5.92 Å². The van der Waals surface area contributed by atoms with E-state index in [1.165, 1.54) is 29.8 Å². The maximum atomic E-state index is 13.5. The predicted octanol–water partition coefficient (Wildman–Crippen LogP) is 3.91. The third-order valence-corrected chi connectivity index (χ3v) is 5.38. The van der Waals surface area contributed by atoms with Crippen molar-refractivity contribution in [2.75, 3.05) is 13.1 Å². The second-order valence-corrected chi connectivity index (χ2v) is 7.29. The zero-order chi connectivity index (χ0) is 20.1. The normalized spacial score (nSPS) is 16.8. The fraction of sp³-hybridized carbons (Fsp3) is 0.318. The Labute approximate surface area is 168 Å². The lowest BCUT2D eigenvalue weighted by molar-refractivity contribution is 0.436. The van der Waals surface area contributed by atoms with Crippen molar-refractivity contribution in [1.29, 1.82) is 0 Å². The molecule has 2 aromatic carbocycles. The molecule has 1 aliphatic heterocycles. The summed E-state index contributed by atoms with van der Waals surface area (Å²) in [6, 6.07) is 13.1. The molecule has 2 N–H and O–H groups in total. The van der Waals surface area contributed by atoms with Crippen LogP contribution in [0.15, 0.2) is 54.1 Å². The molecular weight excluding hydrogens is 372 g/mol. The Balaban J connectivity index is 1.67. The first-order chi connectivity index (χ1) is 14.2. The molecule has 1 fully saturated rings. The molecule has 1 unspecified atom stereocenters. The zero-order valence-corrected chi connectivity index (χ0v) is 16.0. The van der Waals surface area contributed by atoms with Crippen LogP contribution >= 0.6 is 0 Å². The molecule has 150 valence electrons. The van der Waals surface area contributed by atoms with Crippen LogP contribution in [0.3, 0.4) is 0 Å². The molecule has 1 aromatic heterocycles. The number of aryl methyl sites for hydroxylation is 1. The fourth-order valence-corrected chi connectivity index (χ4v) is 4.00. The van der Waals surface area contributed by atoms with Gasteiger partial charge in [0.15, 0.2) is 5.82 Å². The first-order valence-electron chi connectivity index (χ1n) is 9.88. The van der Waals surface area contributed by atoms with Gasteiger partial charge in [0, 0.05) is 13.0 Å². The SMILES string of the molecule is Fc1ccc(C(=C2CCNCC2CCCc2nn[nH]n2)c2ccc(F)cc2)cc1. The summed E-state index contributed by atoms with van der Waals surface area (Å²) in [4.78, 5) is 0. The van der Waals surface area contributed by atoms with E-state index < -0.39 is 0 Å². The van der Waals surface area contributed by atoms with Gasteiger partial charge in [0.05, 0.1) is 0 Å². The monoisotopic (exact) mass is 395 g/mol. The summed E-state index contributed by atoms with van der Waals surface area (Å²) in [7, 11) is 0. The Morgan fingerprint density at radius 1 is 0.966 bits per heavy atom. The molecule has 1 atom stereocenters. The molecule has 3 aromatic rings.